The largest absolute Gasteiger partial charge is 0.494 e. The van der Waals surface area contributed by atoms with E-state index in [0.29, 0.717) is 24.3 Å². The molecule has 1 aromatic rings. The van der Waals surface area contributed by atoms with Crippen molar-refractivity contribution in [1.82, 2.24) is 4.90 Å². The maximum absolute atomic E-state index is 12.8. The van der Waals surface area contributed by atoms with Gasteiger partial charge in [-0.1, -0.05) is 31.9 Å². The van der Waals surface area contributed by atoms with E-state index in [9.17, 15) is 14.9 Å². The van der Waals surface area contributed by atoms with Crippen molar-refractivity contribution in [2.45, 2.75) is 40.0 Å². The van der Waals surface area contributed by atoms with Crippen molar-refractivity contribution in [2.24, 2.45) is 0 Å². The highest BCUT2D eigenvalue weighted by Crippen LogP contribution is 2.27. The number of hydrogen-bond donors (Lipinski definition) is 0. The summed E-state index contributed by atoms with van der Waals surface area (Å²) in [5.74, 6) is -0.0718. The minimum absolute atomic E-state index is 0.0401. The molecule has 0 N–H and O–H groups in total. The van der Waals surface area contributed by atoms with E-state index in [1.807, 2.05) is 37.3 Å². The van der Waals surface area contributed by atoms with Gasteiger partial charge < -0.3 is 4.74 Å². The Bertz CT molecular complexity index is 782. The number of nitrogens with zero attached hydrogens (tertiary/aromatic N) is 2. The van der Waals surface area contributed by atoms with Crippen molar-refractivity contribution in [3.63, 3.8) is 0 Å². The van der Waals surface area contributed by atoms with Gasteiger partial charge in [0.15, 0.2) is 0 Å². The van der Waals surface area contributed by atoms with Crippen molar-refractivity contribution < 1.29 is 14.3 Å². The van der Waals surface area contributed by atoms with E-state index in [0.717, 1.165) is 30.6 Å². The summed E-state index contributed by atoms with van der Waals surface area (Å²) in [6, 6.07) is 9.32. The van der Waals surface area contributed by atoms with Gasteiger partial charge in [0, 0.05) is 12.1 Å². The number of ether oxygens (including phenoxy) is 1. The molecule has 26 heavy (non-hydrogen) atoms. The van der Waals surface area contributed by atoms with Gasteiger partial charge in [-0.3, -0.25) is 14.5 Å². The molecule has 0 saturated heterocycles. The van der Waals surface area contributed by atoms with Crippen molar-refractivity contribution >= 4 is 17.9 Å². The first-order valence-electron chi connectivity index (χ1n) is 8.95. The second-order valence-electron chi connectivity index (χ2n) is 6.14. The quantitative estimate of drug-likeness (QED) is 0.424. The van der Waals surface area contributed by atoms with E-state index < -0.39 is 5.91 Å². The van der Waals surface area contributed by atoms with Crippen molar-refractivity contribution in [3.8, 4) is 11.8 Å². The topological polar surface area (TPSA) is 70.4 Å². The molecule has 1 aliphatic heterocycles. The third kappa shape index (κ3) is 4.20. The molecule has 0 aromatic heterocycles. The molecular weight excluding hydrogens is 328 g/mol. The Morgan fingerprint density at radius 1 is 1.12 bits per heavy atom. The fraction of sp³-hybridized carbons (Fsp3) is 0.381. The number of benzene rings is 1. The second-order valence-corrected chi connectivity index (χ2v) is 6.14. The van der Waals surface area contributed by atoms with Gasteiger partial charge in [0.1, 0.15) is 17.4 Å². The molecule has 2 amide bonds. The van der Waals surface area contributed by atoms with Crippen molar-refractivity contribution in [3.05, 3.63) is 46.5 Å². The zero-order valence-corrected chi connectivity index (χ0v) is 15.5. The molecule has 5 nitrogen and oxygen atoms in total. The molecule has 0 saturated carbocycles. The summed E-state index contributed by atoms with van der Waals surface area (Å²) in [6.07, 6.45) is 4.39. The number of amides is 2. The first-order valence-corrected chi connectivity index (χ1v) is 8.95. The van der Waals surface area contributed by atoms with Gasteiger partial charge in [0.2, 0.25) is 0 Å². The number of carbonyl (C=O) groups excluding carboxylic acids is 2. The zero-order valence-electron chi connectivity index (χ0n) is 15.5. The van der Waals surface area contributed by atoms with E-state index in [1.54, 1.807) is 13.0 Å². The number of carbonyl (C=O) groups is 2. The van der Waals surface area contributed by atoms with E-state index in [2.05, 4.69) is 6.92 Å². The molecule has 1 aliphatic rings. The third-order valence-electron chi connectivity index (χ3n) is 4.31. The Morgan fingerprint density at radius 3 is 2.38 bits per heavy atom. The van der Waals surface area contributed by atoms with Crippen LogP contribution in [0.5, 0.6) is 5.75 Å². The predicted octanol–water partition coefficient (Wildman–Crippen LogP) is 3.87. The zero-order chi connectivity index (χ0) is 19.1. The van der Waals surface area contributed by atoms with Gasteiger partial charge in [-0.2, -0.15) is 5.26 Å². The summed E-state index contributed by atoms with van der Waals surface area (Å²) in [5.41, 5.74) is 1.68. The number of hydrogen-bond acceptors (Lipinski definition) is 4. The summed E-state index contributed by atoms with van der Waals surface area (Å²) in [5, 5.41) is 9.38. The lowest BCUT2D eigenvalue weighted by Crippen LogP contribution is -2.43. The second kappa shape index (κ2) is 9.00. The lowest BCUT2D eigenvalue weighted by atomic mass is 9.93. The Labute approximate surface area is 154 Å². The predicted molar refractivity (Wildman–Crippen MR) is 100 cm³/mol. The summed E-state index contributed by atoms with van der Waals surface area (Å²) >= 11 is 0. The molecule has 0 bridgehead atoms. The van der Waals surface area contributed by atoms with Gasteiger partial charge in [-0.05, 0) is 49.6 Å². The van der Waals surface area contributed by atoms with E-state index in [4.69, 9.17) is 4.74 Å². The summed E-state index contributed by atoms with van der Waals surface area (Å²) in [4.78, 5) is 26.5. The monoisotopic (exact) mass is 352 g/mol. The lowest BCUT2D eigenvalue weighted by Gasteiger charge is -2.27. The molecule has 0 fully saturated rings. The van der Waals surface area contributed by atoms with E-state index in [-0.39, 0.29) is 11.5 Å². The summed E-state index contributed by atoms with van der Waals surface area (Å²) in [7, 11) is 0. The fourth-order valence-electron chi connectivity index (χ4n) is 2.85. The van der Waals surface area contributed by atoms with Crippen LogP contribution in [0.1, 0.15) is 45.6 Å². The SMILES string of the molecule is CCCCCN1C(=O)C(C#N)=C(C)/C(=C\c2ccc(OCC)cc2)C1=O. The number of unbranched alkanes of at least 4 members (excludes halogenated alkanes) is 2. The van der Waals surface area contributed by atoms with Gasteiger partial charge in [0.05, 0.1) is 6.61 Å². The highest BCUT2D eigenvalue weighted by molar-refractivity contribution is 6.19. The van der Waals surface area contributed by atoms with Crippen LogP contribution in [0.2, 0.25) is 0 Å². The molecule has 0 aliphatic carbocycles. The number of nitriles is 1. The molecule has 0 unspecified atom stereocenters. The van der Waals surface area contributed by atoms with Crippen molar-refractivity contribution in [2.75, 3.05) is 13.2 Å². The van der Waals surface area contributed by atoms with Gasteiger partial charge in [-0.15, -0.1) is 0 Å². The Balaban J connectivity index is 2.38. The van der Waals surface area contributed by atoms with Gasteiger partial charge in [0.25, 0.3) is 11.8 Å². The molecule has 0 spiro atoms. The molecule has 1 heterocycles. The van der Waals surface area contributed by atoms with E-state index in [1.165, 1.54) is 4.90 Å². The molecule has 5 heteroatoms. The van der Waals surface area contributed by atoms with Crippen LogP contribution in [0.25, 0.3) is 6.08 Å². The maximum Gasteiger partial charge on any atom is 0.271 e. The molecule has 1 aromatic carbocycles. The first-order chi connectivity index (χ1) is 12.5. The first kappa shape index (κ1) is 19.5. The molecule has 0 radical (unpaired) electrons. The third-order valence-corrected chi connectivity index (χ3v) is 4.31. The van der Waals surface area contributed by atoms with Crippen LogP contribution in [-0.4, -0.2) is 29.9 Å². The standard InChI is InChI=1S/C21H24N2O3/c1-4-6-7-12-23-20(24)18(15(3)19(14-22)21(23)25)13-16-8-10-17(11-9-16)26-5-2/h8-11,13H,4-7,12H2,1-3H3/b18-13+. The summed E-state index contributed by atoms with van der Waals surface area (Å²) in [6.45, 7) is 6.55. The molecule has 2 rings (SSSR count). The fourth-order valence-corrected chi connectivity index (χ4v) is 2.85. The maximum atomic E-state index is 12.8. The summed E-state index contributed by atoms with van der Waals surface area (Å²) < 4.78 is 5.42. The minimum atomic E-state index is -0.491. The van der Waals surface area contributed by atoms with Crippen LogP contribution in [0.3, 0.4) is 0 Å². The van der Waals surface area contributed by atoms with Crippen molar-refractivity contribution in [1.29, 1.82) is 5.26 Å². The Morgan fingerprint density at radius 2 is 1.81 bits per heavy atom. The highest BCUT2D eigenvalue weighted by atomic mass is 16.5. The van der Waals surface area contributed by atoms with Crippen LogP contribution in [0.15, 0.2) is 41.0 Å². The lowest BCUT2D eigenvalue weighted by molar-refractivity contribution is -0.140. The average molecular weight is 352 g/mol. The Hall–Kier alpha value is -2.87. The van der Waals surface area contributed by atoms with Gasteiger partial charge >= 0.3 is 0 Å². The smallest absolute Gasteiger partial charge is 0.271 e. The van der Waals surface area contributed by atoms with E-state index >= 15 is 0 Å². The molecular formula is C21H24N2O3. The van der Waals surface area contributed by atoms with Crippen LogP contribution in [-0.2, 0) is 9.59 Å². The average Bonchev–Trinajstić information content (AvgIpc) is 2.64. The highest BCUT2D eigenvalue weighted by Gasteiger charge is 2.34. The normalized spacial score (nSPS) is 16.2. The van der Waals surface area contributed by atoms with Crippen LogP contribution >= 0.6 is 0 Å². The Kier molecular flexibility index (Phi) is 6.74. The van der Waals surface area contributed by atoms with Gasteiger partial charge in [-0.25, -0.2) is 0 Å². The van der Waals surface area contributed by atoms with Crippen LogP contribution in [0, 0.1) is 11.3 Å². The van der Waals surface area contributed by atoms with Crippen LogP contribution < -0.4 is 4.74 Å². The van der Waals surface area contributed by atoms with Crippen LogP contribution in [0.4, 0.5) is 0 Å². The number of rotatable bonds is 7. The minimum Gasteiger partial charge on any atom is -0.494 e. The molecule has 136 valence electrons. The molecule has 0 atom stereocenters. The number of imide groups is 1.